The van der Waals surface area contributed by atoms with Gasteiger partial charge in [-0.05, 0) is 37.9 Å². The molecule has 1 aliphatic heterocycles. The second-order valence-corrected chi connectivity index (χ2v) is 5.32. The second-order valence-electron chi connectivity index (χ2n) is 5.32. The van der Waals surface area contributed by atoms with Crippen LogP contribution in [-0.4, -0.2) is 25.2 Å². The highest BCUT2D eigenvalue weighted by Gasteiger charge is 2.33. The Hall–Kier alpha value is -1.16. The van der Waals surface area contributed by atoms with Crippen LogP contribution in [0.4, 0.5) is 14.5 Å². The number of hydrogen-bond acceptors (Lipinski definition) is 2. The lowest BCUT2D eigenvalue weighted by molar-refractivity contribution is 0.272. The minimum atomic E-state index is -0.772. The van der Waals surface area contributed by atoms with E-state index in [0.29, 0.717) is 17.6 Å². The molecule has 0 aliphatic carbocycles. The maximum absolute atomic E-state index is 13.9. The number of hydrogen-bond donors (Lipinski definition) is 1. The fourth-order valence-corrected chi connectivity index (χ4v) is 2.97. The van der Waals surface area contributed by atoms with Gasteiger partial charge in [0.25, 0.3) is 0 Å². The average molecular weight is 268 g/mol. The Morgan fingerprint density at radius 3 is 2.74 bits per heavy atom. The number of anilines is 1. The lowest BCUT2D eigenvalue weighted by Gasteiger charge is -2.44. The third kappa shape index (κ3) is 2.73. The maximum atomic E-state index is 13.9. The van der Waals surface area contributed by atoms with Crippen molar-refractivity contribution < 1.29 is 8.78 Å². The Kier molecular flexibility index (Phi) is 4.40. The molecule has 3 unspecified atom stereocenters. The van der Waals surface area contributed by atoms with E-state index in [-0.39, 0.29) is 6.04 Å². The van der Waals surface area contributed by atoms with Gasteiger partial charge in [-0.1, -0.05) is 19.9 Å². The molecule has 1 N–H and O–H groups in total. The van der Waals surface area contributed by atoms with Crippen LogP contribution < -0.4 is 10.2 Å². The van der Waals surface area contributed by atoms with Crippen LogP contribution in [0.1, 0.15) is 27.2 Å². The van der Waals surface area contributed by atoms with Crippen LogP contribution in [0, 0.1) is 17.6 Å². The Labute approximate surface area is 113 Å². The molecule has 1 heterocycles. The number of rotatable bonds is 3. The minimum Gasteiger partial charge on any atom is -0.366 e. The third-order valence-electron chi connectivity index (χ3n) is 4.28. The number of nitrogens with zero attached hydrogens (tertiary/aromatic N) is 1. The fraction of sp³-hybridized carbons (Fsp3) is 0.600. The molecule has 4 heteroatoms. The Morgan fingerprint density at radius 2 is 2.05 bits per heavy atom. The van der Waals surface area contributed by atoms with Gasteiger partial charge in [-0.25, -0.2) is 8.78 Å². The van der Waals surface area contributed by atoms with Gasteiger partial charge in [0.05, 0.1) is 5.69 Å². The van der Waals surface area contributed by atoms with E-state index in [4.69, 9.17) is 0 Å². The van der Waals surface area contributed by atoms with E-state index in [1.807, 2.05) is 4.90 Å². The van der Waals surface area contributed by atoms with E-state index < -0.39 is 11.6 Å². The van der Waals surface area contributed by atoms with Gasteiger partial charge in [0.1, 0.15) is 0 Å². The van der Waals surface area contributed by atoms with Crippen LogP contribution in [0.5, 0.6) is 0 Å². The number of nitrogens with one attached hydrogen (secondary N) is 1. The van der Waals surface area contributed by atoms with Crippen LogP contribution in [0.2, 0.25) is 0 Å². The molecule has 1 aromatic carbocycles. The van der Waals surface area contributed by atoms with E-state index in [9.17, 15) is 8.78 Å². The van der Waals surface area contributed by atoms with Crippen LogP contribution in [0.15, 0.2) is 18.2 Å². The third-order valence-corrected chi connectivity index (χ3v) is 4.28. The highest BCUT2D eigenvalue weighted by molar-refractivity contribution is 5.49. The molecule has 1 aromatic rings. The molecule has 0 radical (unpaired) electrons. The molecule has 2 rings (SSSR count). The largest absolute Gasteiger partial charge is 0.366 e. The van der Waals surface area contributed by atoms with Crippen molar-refractivity contribution in [3.63, 3.8) is 0 Å². The van der Waals surface area contributed by atoms with Crippen LogP contribution in [0.3, 0.4) is 0 Å². The van der Waals surface area contributed by atoms with Gasteiger partial charge in [0, 0.05) is 18.6 Å². The Balaban J connectivity index is 2.21. The van der Waals surface area contributed by atoms with Crippen LogP contribution in [-0.2, 0) is 0 Å². The molecular formula is C15H22F2N2. The van der Waals surface area contributed by atoms with Crippen molar-refractivity contribution in [1.82, 2.24) is 5.32 Å². The topological polar surface area (TPSA) is 15.3 Å². The van der Waals surface area contributed by atoms with Gasteiger partial charge in [-0.3, -0.25) is 0 Å². The molecule has 1 fully saturated rings. The zero-order chi connectivity index (χ0) is 14.0. The Morgan fingerprint density at radius 1 is 1.32 bits per heavy atom. The molecular weight excluding hydrogens is 246 g/mol. The SMILES string of the molecule is CCNC1CCN(c2cccc(F)c2F)C(C)C1C. The monoisotopic (exact) mass is 268 g/mol. The van der Waals surface area contributed by atoms with Crippen LogP contribution in [0.25, 0.3) is 0 Å². The predicted molar refractivity (Wildman–Crippen MR) is 74.4 cm³/mol. The van der Waals surface area contributed by atoms with E-state index in [1.165, 1.54) is 0 Å². The number of piperidine rings is 1. The fourth-order valence-electron chi connectivity index (χ4n) is 2.97. The summed E-state index contributed by atoms with van der Waals surface area (Å²) in [6.45, 7) is 8.04. The summed E-state index contributed by atoms with van der Waals surface area (Å²) >= 11 is 0. The van der Waals surface area contributed by atoms with Crippen molar-refractivity contribution in [3.8, 4) is 0 Å². The molecule has 2 nitrogen and oxygen atoms in total. The van der Waals surface area contributed by atoms with Crippen molar-refractivity contribution >= 4 is 5.69 Å². The summed E-state index contributed by atoms with van der Waals surface area (Å²) in [5.41, 5.74) is 0.384. The molecule has 0 saturated carbocycles. The number of benzene rings is 1. The van der Waals surface area contributed by atoms with Gasteiger partial charge < -0.3 is 10.2 Å². The summed E-state index contributed by atoms with van der Waals surface area (Å²) in [6, 6.07) is 5.04. The molecule has 0 aromatic heterocycles. The molecule has 0 bridgehead atoms. The van der Waals surface area contributed by atoms with Gasteiger partial charge >= 0.3 is 0 Å². The van der Waals surface area contributed by atoms with E-state index in [0.717, 1.165) is 25.6 Å². The van der Waals surface area contributed by atoms with Crippen LogP contribution >= 0.6 is 0 Å². The van der Waals surface area contributed by atoms with Crippen molar-refractivity contribution in [1.29, 1.82) is 0 Å². The second kappa shape index (κ2) is 5.87. The summed E-state index contributed by atoms with van der Waals surface area (Å²) < 4.78 is 27.2. The highest BCUT2D eigenvalue weighted by Crippen LogP contribution is 2.31. The predicted octanol–water partition coefficient (Wildman–Crippen LogP) is 3.18. The first-order valence-corrected chi connectivity index (χ1v) is 7.00. The van der Waals surface area contributed by atoms with Crippen molar-refractivity contribution in [2.45, 2.75) is 39.3 Å². The first-order chi connectivity index (χ1) is 9.06. The average Bonchev–Trinajstić information content (AvgIpc) is 2.39. The van der Waals surface area contributed by atoms with E-state index in [1.54, 1.807) is 12.1 Å². The molecule has 106 valence electrons. The lowest BCUT2D eigenvalue weighted by atomic mass is 9.86. The van der Waals surface area contributed by atoms with E-state index in [2.05, 4.69) is 26.1 Å². The standard InChI is InChI=1S/C15H22F2N2/c1-4-18-13-8-9-19(11(3)10(13)2)14-7-5-6-12(16)15(14)17/h5-7,10-11,13,18H,4,8-9H2,1-3H3. The van der Waals surface area contributed by atoms with Gasteiger partial charge in [-0.15, -0.1) is 0 Å². The molecule has 19 heavy (non-hydrogen) atoms. The van der Waals surface area contributed by atoms with Gasteiger partial charge in [0.15, 0.2) is 11.6 Å². The first kappa shape index (κ1) is 14.3. The molecule has 0 amide bonds. The first-order valence-electron chi connectivity index (χ1n) is 7.00. The Bertz CT molecular complexity index is 436. The quantitative estimate of drug-likeness (QED) is 0.905. The van der Waals surface area contributed by atoms with Gasteiger partial charge in [-0.2, -0.15) is 0 Å². The van der Waals surface area contributed by atoms with E-state index >= 15 is 0 Å². The summed E-state index contributed by atoms with van der Waals surface area (Å²) in [5, 5.41) is 3.47. The smallest absolute Gasteiger partial charge is 0.182 e. The lowest BCUT2D eigenvalue weighted by Crippen LogP contribution is -2.53. The maximum Gasteiger partial charge on any atom is 0.182 e. The molecule has 0 spiro atoms. The minimum absolute atomic E-state index is 0.189. The zero-order valence-corrected chi connectivity index (χ0v) is 11.8. The van der Waals surface area contributed by atoms with Crippen molar-refractivity contribution in [3.05, 3.63) is 29.8 Å². The summed E-state index contributed by atoms with van der Waals surface area (Å²) in [5.74, 6) is -1.11. The summed E-state index contributed by atoms with van der Waals surface area (Å²) in [7, 11) is 0. The highest BCUT2D eigenvalue weighted by atomic mass is 19.2. The number of halogens is 2. The van der Waals surface area contributed by atoms with Gasteiger partial charge in [0.2, 0.25) is 0 Å². The summed E-state index contributed by atoms with van der Waals surface area (Å²) in [4.78, 5) is 1.98. The normalized spacial score (nSPS) is 27.6. The summed E-state index contributed by atoms with van der Waals surface area (Å²) in [6.07, 6.45) is 0.954. The molecule has 3 atom stereocenters. The molecule has 1 aliphatic rings. The van der Waals surface area contributed by atoms with Crippen molar-refractivity contribution in [2.24, 2.45) is 5.92 Å². The molecule has 1 saturated heterocycles. The zero-order valence-electron chi connectivity index (χ0n) is 11.8. The van der Waals surface area contributed by atoms with Crippen molar-refractivity contribution in [2.75, 3.05) is 18.0 Å².